The number of aliphatic hydroxyl groups excluding tert-OH is 2. The van der Waals surface area contributed by atoms with Crippen molar-refractivity contribution in [3.8, 4) is 0 Å². The minimum atomic E-state index is -0.815. The monoisotopic (exact) mass is 201 g/mol. The second kappa shape index (κ2) is 6.56. The third kappa shape index (κ3) is 4.99. The van der Waals surface area contributed by atoms with Crippen molar-refractivity contribution >= 4 is 5.91 Å². The summed E-state index contributed by atoms with van der Waals surface area (Å²) in [5.74, 6) is -0.341. The van der Waals surface area contributed by atoms with Crippen molar-refractivity contribution in [2.75, 3.05) is 0 Å². The third-order valence-corrected chi connectivity index (χ3v) is 1.90. The maximum atomic E-state index is 11.3. The molecule has 2 atom stereocenters. The molecule has 3 N–H and O–H groups in total. The molecule has 82 valence electrons. The van der Waals surface area contributed by atoms with Crippen molar-refractivity contribution in [1.29, 1.82) is 0 Å². The molecule has 0 heterocycles. The molecule has 0 aromatic carbocycles. The molecule has 2 unspecified atom stereocenters. The first-order valence-corrected chi connectivity index (χ1v) is 4.86. The second-order valence-electron chi connectivity index (χ2n) is 3.22. The van der Waals surface area contributed by atoms with Gasteiger partial charge in [-0.05, 0) is 25.8 Å². The van der Waals surface area contributed by atoms with E-state index in [9.17, 15) is 9.90 Å². The predicted octanol–water partition coefficient (Wildman–Crippen LogP) is 0.548. The molecular formula is C10H19NO3. The highest BCUT2D eigenvalue weighted by molar-refractivity contribution is 5.92. The SMILES string of the molecule is CCC(O)/C=C(\C)C(=O)NC(O)CC. The Balaban J connectivity index is 4.18. The zero-order chi connectivity index (χ0) is 11.1. The van der Waals surface area contributed by atoms with Gasteiger partial charge in [-0.25, -0.2) is 0 Å². The fraction of sp³-hybridized carbons (Fsp3) is 0.700. The van der Waals surface area contributed by atoms with Crippen LogP contribution in [0.3, 0.4) is 0 Å². The summed E-state index contributed by atoms with van der Waals surface area (Å²) in [6.07, 6.45) is 1.11. The number of carbonyl (C=O) groups excluding carboxylic acids is 1. The topological polar surface area (TPSA) is 69.6 Å². The van der Waals surface area contributed by atoms with Gasteiger partial charge in [0.05, 0.1) is 6.10 Å². The lowest BCUT2D eigenvalue weighted by Crippen LogP contribution is -2.34. The number of rotatable bonds is 5. The van der Waals surface area contributed by atoms with Gasteiger partial charge in [0.2, 0.25) is 5.91 Å². The van der Waals surface area contributed by atoms with Crippen LogP contribution in [0.1, 0.15) is 33.6 Å². The number of hydrogen-bond donors (Lipinski definition) is 3. The van der Waals surface area contributed by atoms with E-state index in [1.165, 1.54) is 6.08 Å². The van der Waals surface area contributed by atoms with E-state index in [1.54, 1.807) is 13.8 Å². The summed E-state index contributed by atoms with van der Waals surface area (Å²) in [7, 11) is 0. The van der Waals surface area contributed by atoms with Gasteiger partial charge in [-0.15, -0.1) is 0 Å². The van der Waals surface area contributed by atoms with Gasteiger partial charge < -0.3 is 15.5 Å². The van der Waals surface area contributed by atoms with Crippen molar-refractivity contribution in [3.05, 3.63) is 11.6 Å². The van der Waals surface area contributed by atoms with Crippen LogP contribution >= 0.6 is 0 Å². The number of hydrogen-bond acceptors (Lipinski definition) is 3. The van der Waals surface area contributed by atoms with Crippen LogP contribution in [-0.2, 0) is 4.79 Å². The molecule has 0 aliphatic heterocycles. The molecule has 1 amide bonds. The van der Waals surface area contributed by atoms with Gasteiger partial charge in [-0.1, -0.05) is 13.8 Å². The molecule has 0 aromatic heterocycles. The van der Waals surface area contributed by atoms with Crippen LogP contribution in [0.2, 0.25) is 0 Å². The molecule has 0 aliphatic rings. The van der Waals surface area contributed by atoms with E-state index in [0.717, 1.165) is 0 Å². The maximum Gasteiger partial charge on any atom is 0.248 e. The van der Waals surface area contributed by atoms with E-state index in [0.29, 0.717) is 18.4 Å². The Kier molecular flexibility index (Phi) is 6.16. The normalized spacial score (nSPS) is 16.2. The minimum Gasteiger partial charge on any atom is -0.389 e. The Morgan fingerprint density at radius 3 is 2.36 bits per heavy atom. The Morgan fingerprint density at radius 2 is 1.93 bits per heavy atom. The maximum absolute atomic E-state index is 11.3. The molecule has 0 bridgehead atoms. The number of amides is 1. The Hall–Kier alpha value is -0.870. The quantitative estimate of drug-likeness (QED) is 0.449. The average molecular weight is 201 g/mol. The van der Waals surface area contributed by atoms with Crippen LogP contribution in [-0.4, -0.2) is 28.5 Å². The van der Waals surface area contributed by atoms with Crippen LogP contribution < -0.4 is 5.32 Å². The first-order valence-electron chi connectivity index (χ1n) is 4.86. The van der Waals surface area contributed by atoms with Gasteiger partial charge >= 0.3 is 0 Å². The lowest BCUT2D eigenvalue weighted by molar-refractivity contribution is -0.120. The highest BCUT2D eigenvalue weighted by Gasteiger charge is 2.09. The Morgan fingerprint density at radius 1 is 1.36 bits per heavy atom. The lowest BCUT2D eigenvalue weighted by atomic mass is 10.1. The van der Waals surface area contributed by atoms with Crippen molar-refractivity contribution in [2.45, 2.75) is 45.9 Å². The molecule has 0 saturated carbocycles. The minimum absolute atomic E-state index is 0.341. The van der Waals surface area contributed by atoms with Crippen molar-refractivity contribution in [2.24, 2.45) is 0 Å². The lowest BCUT2D eigenvalue weighted by Gasteiger charge is -2.11. The van der Waals surface area contributed by atoms with E-state index in [1.807, 2.05) is 6.92 Å². The van der Waals surface area contributed by atoms with Crippen LogP contribution in [0.5, 0.6) is 0 Å². The molecule has 0 rings (SSSR count). The highest BCUT2D eigenvalue weighted by Crippen LogP contribution is 2.00. The van der Waals surface area contributed by atoms with Crippen LogP contribution in [0.25, 0.3) is 0 Å². The van der Waals surface area contributed by atoms with Crippen LogP contribution in [0.4, 0.5) is 0 Å². The molecule has 0 saturated heterocycles. The zero-order valence-electron chi connectivity index (χ0n) is 8.95. The van der Waals surface area contributed by atoms with Gasteiger partial charge in [-0.3, -0.25) is 4.79 Å². The summed E-state index contributed by atoms with van der Waals surface area (Å²) in [5, 5.41) is 20.8. The van der Waals surface area contributed by atoms with E-state index in [4.69, 9.17) is 5.11 Å². The highest BCUT2D eigenvalue weighted by atomic mass is 16.3. The van der Waals surface area contributed by atoms with Gasteiger partial charge in [-0.2, -0.15) is 0 Å². The van der Waals surface area contributed by atoms with Crippen molar-refractivity contribution in [3.63, 3.8) is 0 Å². The number of carbonyl (C=O) groups is 1. The molecule has 0 fully saturated rings. The first kappa shape index (κ1) is 13.1. The molecule has 0 spiro atoms. The number of nitrogens with one attached hydrogen (secondary N) is 1. The van der Waals surface area contributed by atoms with E-state index in [-0.39, 0.29) is 5.91 Å². The average Bonchev–Trinajstić information content (AvgIpc) is 2.17. The molecular weight excluding hydrogens is 182 g/mol. The second-order valence-corrected chi connectivity index (χ2v) is 3.22. The van der Waals surface area contributed by atoms with Crippen molar-refractivity contribution < 1.29 is 15.0 Å². The molecule has 4 heteroatoms. The van der Waals surface area contributed by atoms with Crippen molar-refractivity contribution in [1.82, 2.24) is 5.32 Å². The van der Waals surface area contributed by atoms with Crippen LogP contribution in [0.15, 0.2) is 11.6 Å². The fourth-order valence-corrected chi connectivity index (χ4v) is 0.849. The summed E-state index contributed by atoms with van der Waals surface area (Å²) in [4.78, 5) is 11.3. The van der Waals surface area contributed by atoms with Gasteiger partial charge in [0, 0.05) is 5.57 Å². The van der Waals surface area contributed by atoms with Gasteiger partial charge in [0.1, 0.15) is 6.23 Å². The summed E-state index contributed by atoms with van der Waals surface area (Å²) < 4.78 is 0. The predicted molar refractivity (Wildman–Crippen MR) is 54.5 cm³/mol. The van der Waals surface area contributed by atoms with E-state index < -0.39 is 12.3 Å². The summed E-state index contributed by atoms with van der Waals surface area (Å²) in [5.41, 5.74) is 0.423. The third-order valence-electron chi connectivity index (χ3n) is 1.90. The van der Waals surface area contributed by atoms with Gasteiger partial charge in [0.15, 0.2) is 0 Å². The number of aliphatic hydroxyl groups is 2. The standard InChI is InChI=1S/C10H19NO3/c1-4-8(12)6-7(3)10(14)11-9(13)5-2/h6,8-9,12-13H,4-5H2,1-3H3,(H,11,14)/b7-6+. The molecule has 0 aromatic rings. The summed E-state index contributed by atoms with van der Waals surface area (Å²) >= 11 is 0. The molecule has 4 nitrogen and oxygen atoms in total. The molecule has 14 heavy (non-hydrogen) atoms. The summed E-state index contributed by atoms with van der Waals surface area (Å²) in [6.45, 7) is 5.20. The van der Waals surface area contributed by atoms with E-state index >= 15 is 0 Å². The smallest absolute Gasteiger partial charge is 0.248 e. The molecule has 0 aliphatic carbocycles. The zero-order valence-corrected chi connectivity index (χ0v) is 8.95. The molecule has 0 radical (unpaired) electrons. The van der Waals surface area contributed by atoms with E-state index in [2.05, 4.69) is 5.32 Å². The van der Waals surface area contributed by atoms with Crippen LogP contribution in [0, 0.1) is 0 Å². The Labute approximate surface area is 84.6 Å². The van der Waals surface area contributed by atoms with Gasteiger partial charge in [0.25, 0.3) is 0 Å². The fourth-order valence-electron chi connectivity index (χ4n) is 0.849. The first-order chi connectivity index (χ1) is 6.51. The summed E-state index contributed by atoms with van der Waals surface area (Å²) in [6, 6.07) is 0. The largest absolute Gasteiger partial charge is 0.389 e. The Bertz CT molecular complexity index is 213.